The lowest BCUT2D eigenvalue weighted by molar-refractivity contribution is 0.456. The average Bonchev–Trinajstić information content (AvgIpc) is 2.48. The zero-order valence-corrected chi connectivity index (χ0v) is 10.6. The van der Waals surface area contributed by atoms with Gasteiger partial charge in [-0.05, 0) is 12.1 Å². The van der Waals surface area contributed by atoms with Crippen molar-refractivity contribution in [3.63, 3.8) is 0 Å². The van der Waals surface area contributed by atoms with E-state index in [1.807, 2.05) is 42.5 Å². The molecule has 0 radical (unpaired) electrons. The molecule has 20 heavy (non-hydrogen) atoms. The maximum atomic E-state index is 9.95. The molecule has 0 saturated heterocycles. The van der Waals surface area contributed by atoms with Crippen molar-refractivity contribution in [3.05, 3.63) is 60.7 Å². The van der Waals surface area contributed by atoms with Gasteiger partial charge in [-0.25, -0.2) is 0 Å². The van der Waals surface area contributed by atoms with Crippen LogP contribution in [-0.4, -0.2) is 10.2 Å². The Labute approximate surface area is 115 Å². The summed E-state index contributed by atoms with van der Waals surface area (Å²) in [5.74, 6) is -0.0716. The van der Waals surface area contributed by atoms with E-state index in [-0.39, 0.29) is 11.5 Å². The minimum absolute atomic E-state index is 0.0248. The van der Waals surface area contributed by atoms with Crippen LogP contribution in [0, 0.1) is 0 Å². The van der Waals surface area contributed by atoms with Gasteiger partial charge >= 0.3 is 0 Å². The molecule has 0 saturated carbocycles. The molecule has 0 spiro atoms. The first kappa shape index (κ1) is 12.2. The van der Waals surface area contributed by atoms with E-state index < -0.39 is 0 Å². The highest BCUT2D eigenvalue weighted by atomic mass is 16.3. The summed E-state index contributed by atoms with van der Waals surface area (Å²) in [7, 11) is 0. The average molecular weight is 264 g/mol. The van der Waals surface area contributed by atoms with E-state index in [4.69, 9.17) is 0 Å². The van der Waals surface area contributed by atoms with Crippen LogP contribution in [0.5, 0.6) is 11.5 Å². The first-order chi connectivity index (χ1) is 9.75. The molecule has 2 N–H and O–H groups in total. The van der Waals surface area contributed by atoms with Gasteiger partial charge in [-0.3, -0.25) is 0 Å². The minimum atomic E-state index is -0.0964. The molecule has 0 unspecified atom stereocenters. The summed E-state index contributed by atoms with van der Waals surface area (Å²) in [6.45, 7) is 0. The summed E-state index contributed by atoms with van der Waals surface area (Å²) in [6.07, 6.45) is 0. The second-order valence-electron chi connectivity index (χ2n) is 4.34. The van der Waals surface area contributed by atoms with Gasteiger partial charge in [0.05, 0.1) is 5.69 Å². The first-order valence-corrected chi connectivity index (χ1v) is 6.16. The maximum Gasteiger partial charge on any atom is 0.147 e. The molecule has 0 aromatic heterocycles. The molecule has 0 aliphatic rings. The molecule has 0 bridgehead atoms. The summed E-state index contributed by atoms with van der Waals surface area (Å²) in [4.78, 5) is 0. The monoisotopic (exact) mass is 264 g/mol. The number of fused-ring (bicyclic) bond motifs is 1. The van der Waals surface area contributed by atoms with Crippen LogP contribution in [-0.2, 0) is 0 Å². The van der Waals surface area contributed by atoms with Gasteiger partial charge in [-0.15, -0.1) is 5.11 Å². The Hall–Kier alpha value is -2.88. The molecular formula is C16H12N2O2. The van der Waals surface area contributed by atoms with Gasteiger partial charge in [0.2, 0.25) is 0 Å². The van der Waals surface area contributed by atoms with Crippen LogP contribution < -0.4 is 0 Å². The molecule has 0 aliphatic heterocycles. The van der Waals surface area contributed by atoms with Crippen LogP contribution in [0.3, 0.4) is 0 Å². The zero-order chi connectivity index (χ0) is 13.9. The van der Waals surface area contributed by atoms with Gasteiger partial charge in [-0.2, -0.15) is 5.11 Å². The molecule has 0 amide bonds. The van der Waals surface area contributed by atoms with E-state index in [1.165, 1.54) is 6.07 Å². The Morgan fingerprint density at radius 3 is 2.05 bits per heavy atom. The molecule has 98 valence electrons. The van der Waals surface area contributed by atoms with Crippen LogP contribution in [0.15, 0.2) is 70.9 Å². The summed E-state index contributed by atoms with van der Waals surface area (Å²) >= 11 is 0. The Bertz CT molecular complexity index is 783. The number of aromatic hydroxyl groups is 2. The molecule has 4 heteroatoms. The quantitative estimate of drug-likeness (QED) is 0.661. The number of hydrogen-bond acceptors (Lipinski definition) is 4. The van der Waals surface area contributed by atoms with Gasteiger partial charge in [0, 0.05) is 16.8 Å². The van der Waals surface area contributed by atoms with Crippen molar-refractivity contribution in [1.29, 1.82) is 0 Å². The second kappa shape index (κ2) is 5.01. The Kier molecular flexibility index (Phi) is 3.05. The van der Waals surface area contributed by atoms with Gasteiger partial charge in [0.25, 0.3) is 0 Å². The summed E-state index contributed by atoms with van der Waals surface area (Å²) in [6, 6.07) is 17.7. The SMILES string of the molecule is Oc1cc(O)c2ccccc2c1/N=N/c1ccccc1. The van der Waals surface area contributed by atoms with Gasteiger partial charge in [-0.1, -0.05) is 42.5 Å². The summed E-state index contributed by atoms with van der Waals surface area (Å²) in [5, 5.41) is 29.3. The van der Waals surface area contributed by atoms with E-state index in [2.05, 4.69) is 10.2 Å². The van der Waals surface area contributed by atoms with Crippen LogP contribution in [0.25, 0.3) is 10.8 Å². The summed E-state index contributed by atoms with van der Waals surface area (Å²) < 4.78 is 0. The third-order valence-corrected chi connectivity index (χ3v) is 3.00. The molecular weight excluding hydrogens is 252 g/mol. The highest BCUT2D eigenvalue weighted by Gasteiger charge is 2.10. The zero-order valence-electron chi connectivity index (χ0n) is 10.6. The number of benzene rings is 3. The van der Waals surface area contributed by atoms with Gasteiger partial charge in [0.1, 0.15) is 17.2 Å². The largest absolute Gasteiger partial charge is 0.507 e. The van der Waals surface area contributed by atoms with Crippen molar-refractivity contribution >= 4 is 22.1 Å². The van der Waals surface area contributed by atoms with Crippen molar-refractivity contribution in [2.24, 2.45) is 10.2 Å². The molecule has 0 heterocycles. The maximum absolute atomic E-state index is 9.95. The van der Waals surface area contributed by atoms with Crippen molar-refractivity contribution in [3.8, 4) is 11.5 Å². The molecule has 0 fully saturated rings. The molecule has 3 aromatic rings. The highest BCUT2D eigenvalue weighted by molar-refractivity contribution is 5.99. The number of phenolic OH excluding ortho intramolecular Hbond substituents is 2. The molecule has 3 rings (SSSR count). The smallest absolute Gasteiger partial charge is 0.147 e. The molecule has 3 aromatic carbocycles. The van der Waals surface area contributed by atoms with Crippen LogP contribution in [0.2, 0.25) is 0 Å². The van der Waals surface area contributed by atoms with Crippen molar-refractivity contribution in [2.45, 2.75) is 0 Å². The van der Waals surface area contributed by atoms with Gasteiger partial charge in [0.15, 0.2) is 0 Å². The predicted molar refractivity (Wildman–Crippen MR) is 77.9 cm³/mol. The fourth-order valence-electron chi connectivity index (χ4n) is 2.03. The van der Waals surface area contributed by atoms with E-state index in [9.17, 15) is 10.2 Å². The normalized spacial score (nSPS) is 11.2. The second-order valence-corrected chi connectivity index (χ2v) is 4.34. The standard InChI is InChI=1S/C16H12N2O2/c19-14-10-15(20)16(13-9-5-4-8-12(13)14)18-17-11-6-2-1-3-7-11/h1-10,19-20H/b18-17+. The predicted octanol–water partition coefficient (Wildman–Crippen LogP) is 4.67. The minimum Gasteiger partial charge on any atom is -0.507 e. The Morgan fingerprint density at radius 1 is 0.650 bits per heavy atom. The Balaban J connectivity index is 2.14. The van der Waals surface area contributed by atoms with E-state index in [0.717, 1.165) is 0 Å². The lowest BCUT2D eigenvalue weighted by atomic mass is 10.1. The number of rotatable bonds is 2. The van der Waals surface area contributed by atoms with Crippen LogP contribution in [0.4, 0.5) is 11.4 Å². The topological polar surface area (TPSA) is 65.2 Å². The van der Waals surface area contributed by atoms with Crippen molar-refractivity contribution in [2.75, 3.05) is 0 Å². The fraction of sp³-hybridized carbons (Fsp3) is 0. The molecule has 0 aliphatic carbocycles. The lowest BCUT2D eigenvalue weighted by Crippen LogP contribution is -1.77. The third kappa shape index (κ3) is 2.19. The molecule has 4 nitrogen and oxygen atoms in total. The first-order valence-electron chi connectivity index (χ1n) is 6.16. The van der Waals surface area contributed by atoms with Gasteiger partial charge < -0.3 is 10.2 Å². The number of hydrogen-bond donors (Lipinski definition) is 2. The Morgan fingerprint density at radius 2 is 1.30 bits per heavy atom. The van der Waals surface area contributed by atoms with Crippen LogP contribution in [0.1, 0.15) is 0 Å². The lowest BCUT2D eigenvalue weighted by Gasteiger charge is -2.06. The van der Waals surface area contributed by atoms with E-state index >= 15 is 0 Å². The van der Waals surface area contributed by atoms with Crippen LogP contribution >= 0.6 is 0 Å². The van der Waals surface area contributed by atoms with E-state index in [0.29, 0.717) is 22.1 Å². The van der Waals surface area contributed by atoms with Crippen molar-refractivity contribution in [1.82, 2.24) is 0 Å². The summed E-state index contributed by atoms with van der Waals surface area (Å²) in [5.41, 5.74) is 1.05. The number of phenols is 2. The fourth-order valence-corrected chi connectivity index (χ4v) is 2.03. The number of azo groups is 1. The highest BCUT2D eigenvalue weighted by Crippen LogP contribution is 2.40. The third-order valence-electron chi connectivity index (χ3n) is 3.00. The number of nitrogens with zero attached hydrogens (tertiary/aromatic N) is 2. The van der Waals surface area contributed by atoms with E-state index in [1.54, 1.807) is 12.1 Å². The van der Waals surface area contributed by atoms with Crippen molar-refractivity contribution < 1.29 is 10.2 Å². The molecule has 0 atom stereocenters.